The van der Waals surface area contributed by atoms with Gasteiger partial charge >= 0.3 is 0 Å². The van der Waals surface area contributed by atoms with Gasteiger partial charge in [0.2, 0.25) is 0 Å². The van der Waals surface area contributed by atoms with Crippen molar-refractivity contribution in [1.82, 2.24) is 5.32 Å². The highest BCUT2D eigenvalue weighted by atomic mass is 16.5. The van der Waals surface area contributed by atoms with Crippen molar-refractivity contribution < 1.29 is 4.74 Å². The third kappa shape index (κ3) is 2.81. The average molecular weight is 244 g/mol. The van der Waals surface area contributed by atoms with Crippen molar-refractivity contribution in [2.24, 2.45) is 5.73 Å². The van der Waals surface area contributed by atoms with Crippen molar-refractivity contribution in [2.45, 2.75) is 13.0 Å². The molecule has 0 amide bonds. The van der Waals surface area contributed by atoms with E-state index in [0.717, 1.165) is 37.2 Å². The third-order valence-electron chi connectivity index (χ3n) is 3.07. The smallest absolute Gasteiger partial charge is 0.126 e. The third-order valence-corrected chi connectivity index (χ3v) is 3.07. The van der Waals surface area contributed by atoms with Crippen molar-refractivity contribution in [3.63, 3.8) is 0 Å². The number of nitrogens with two attached hydrogens (primary N) is 1. The molecule has 0 radical (unpaired) electrons. The predicted molar refractivity (Wildman–Crippen MR) is 75.9 cm³/mol. The van der Waals surface area contributed by atoms with Gasteiger partial charge in [0.1, 0.15) is 5.75 Å². The van der Waals surface area contributed by atoms with Crippen LogP contribution in [0.5, 0.6) is 5.75 Å². The van der Waals surface area contributed by atoms with E-state index in [1.54, 1.807) is 7.11 Å². The first-order valence-electron chi connectivity index (χ1n) is 6.32. The summed E-state index contributed by atoms with van der Waals surface area (Å²) in [4.78, 5) is 0. The normalized spacial score (nSPS) is 10.8. The maximum Gasteiger partial charge on any atom is 0.126 e. The molecule has 18 heavy (non-hydrogen) atoms. The van der Waals surface area contributed by atoms with Gasteiger partial charge in [0, 0.05) is 11.9 Å². The van der Waals surface area contributed by atoms with Crippen molar-refractivity contribution in [1.29, 1.82) is 0 Å². The molecule has 0 atom stereocenters. The monoisotopic (exact) mass is 244 g/mol. The molecule has 0 fully saturated rings. The minimum absolute atomic E-state index is 0.733. The number of rotatable bonds is 6. The molecular formula is C15H20N2O. The molecule has 0 bridgehead atoms. The second-order valence-electron chi connectivity index (χ2n) is 4.29. The zero-order chi connectivity index (χ0) is 12.8. The van der Waals surface area contributed by atoms with Gasteiger partial charge in [-0.3, -0.25) is 0 Å². The lowest BCUT2D eigenvalue weighted by atomic mass is 10.0. The Morgan fingerprint density at radius 1 is 1.11 bits per heavy atom. The average Bonchev–Trinajstić information content (AvgIpc) is 2.43. The Morgan fingerprint density at radius 3 is 2.61 bits per heavy atom. The van der Waals surface area contributed by atoms with Crippen LogP contribution in [0.2, 0.25) is 0 Å². The van der Waals surface area contributed by atoms with Crippen molar-refractivity contribution in [3.05, 3.63) is 42.0 Å². The molecule has 0 saturated carbocycles. The summed E-state index contributed by atoms with van der Waals surface area (Å²) in [5.41, 5.74) is 6.77. The quantitative estimate of drug-likeness (QED) is 0.766. The lowest BCUT2D eigenvalue weighted by Crippen LogP contribution is -2.17. The van der Waals surface area contributed by atoms with Crippen LogP contribution in [0, 0.1) is 0 Å². The van der Waals surface area contributed by atoms with E-state index >= 15 is 0 Å². The van der Waals surface area contributed by atoms with Gasteiger partial charge in [-0.1, -0.05) is 30.3 Å². The van der Waals surface area contributed by atoms with Crippen LogP contribution in [0.3, 0.4) is 0 Å². The van der Waals surface area contributed by atoms with Crippen LogP contribution in [0.1, 0.15) is 12.0 Å². The van der Waals surface area contributed by atoms with Gasteiger partial charge in [-0.25, -0.2) is 0 Å². The number of benzene rings is 2. The Hall–Kier alpha value is -1.58. The second-order valence-corrected chi connectivity index (χ2v) is 4.29. The van der Waals surface area contributed by atoms with E-state index in [1.165, 1.54) is 10.9 Å². The summed E-state index contributed by atoms with van der Waals surface area (Å²) in [5.74, 6) is 0.927. The zero-order valence-electron chi connectivity index (χ0n) is 10.8. The standard InChI is InChI=1S/C15H20N2O/c1-18-15-8-7-12(11-17-10-4-9-16)13-5-2-3-6-14(13)15/h2-3,5-8,17H,4,9-11,16H2,1H3. The molecule has 2 aromatic rings. The van der Waals surface area contributed by atoms with Gasteiger partial charge in [0.15, 0.2) is 0 Å². The highest BCUT2D eigenvalue weighted by Crippen LogP contribution is 2.28. The summed E-state index contributed by atoms with van der Waals surface area (Å²) in [6.45, 7) is 2.55. The fraction of sp³-hybridized carbons (Fsp3) is 0.333. The first kappa shape index (κ1) is 12.9. The topological polar surface area (TPSA) is 47.3 Å². The van der Waals surface area contributed by atoms with Crippen LogP contribution in [0.15, 0.2) is 36.4 Å². The Labute approximate surface area is 108 Å². The molecular weight excluding hydrogens is 224 g/mol. The number of hydrogen-bond acceptors (Lipinski definition) is 3. The van der Waals surface area contributed by atoms with Crippen LogP contribution >= 0.6 is 0 Å². The van der Waals surface area contributed by atoms with Gasteiger partial charge in [-0.05, 0) is 36.5 Å². The molecule has 3 N–H and O–H groups in total. The molecule has 0 unspecified atom stereocenters. The van der Waals surface area contributed by atoms with E-state index in [1.807, 2.05) is 12.1 Å². The predicted octanol–water partition coefficient (Wildman–Crippen LogP) is 2.29. The molecule has 96 valence electrons. The highest BCUT2D eigenvalue weighted by Gasteiger charge is 2.05. The molecule has 0 spiro atoms. The van der Waals surface area contributed by atoms with Crippen LogP contribution < -0.4 is 15.8 Å². The van der Waals surface area contributed by atoms with Crippen molar-refractivity contribution >= 4 is 10.8 Å². The zero-order valence-corrected chi connectivity index (χ0v) is 10.8. The van der Waals surface area contributed by atoms with Gasteiger partial charge in [-0.15, -0.1) is 0 Å². The Bertz CT molecular complexity index is 511. The molecule has 0 aliphatic rings. The van der Waals surface area contributed by atoms with Crippen molar-refractivity contribution in [3.8, 4) is 5.75 Å². The van der Waals surface area contributed by atoms with E-state index in [4.69, 9.17) is 10.5 Å². The summed E-state index contributed by atoms with van der Waals surface area (Å²) in [6, 6.07) is 12.5. The Kier molecular flexibility index (Phi) is 4.56. The number of methoxy groups -OCH3 is 1. The van der Waals surface area contributed by atoms with Gasteiger partial charge in [-0.2, -0.15) is 0 Å². The SMILES string of the molecule is COc1ccc(CNCCCN)c2ccccc12. The van der Waals surface area contributed by atoms with Crippen LogP contribution in [-0.2, 0) is 6.54 Å². The minimum Gasteiger partial charge on any atom is -0.496 e. The fourth-order valence-corrected chi connectivity index (χ4v) is 2.12. The molecule has 2 rings (SSSR count). The molecule has 0 aromatic heterocycles. The lowest BCUT2D eigenvalue weighted by molar-refractivity contribution is 0.419. The maximum atomic E-state index is 5.48. The molecule has 2 aromatic carbocycles. The summed E-state index contributed by atoms with van der Waals surface area (Å²) >= 11 is 0. The fourth-order valence-electron chi connectivity index (χ4n) is 2.12. The van der Waals surface area contributed by atoms with Crippen molar-refractivity contribution in [2.75, 3.05) is 20.2 Å². The maximum absolute atomic E-state index is 5.48. The molecule has 0 aliphatic heterocycles. The second kappa shape index (κ2) is 6.38. The first-order chi connectivity index (χ1) is 8.86. The van der Waals surface area contributed by atoms with E-state index in [2.05, 4.69) is 29.6 Å². The largest absolute Gasteiger partial charge is 0.496 e. The molecule has 0 heterocycles. The molecule has 3 nitrogen and oxygen atoms in total. The molecule has 3 heteroatoms. The summed E-state index contributed by atoms with van der Waals surface area (Å²) in [5, 5.41) is 5.82. The summed E-state index contributed by atoms with van der Waals surface area (Å²) < 4.78 is 5.39. The van der Waals surface area contributed by atoms with E-state index in [-0.39, 0.29) is 0 Å². The molecule has 0 saturated heterocycles. The number of nitrogens with one attached hydrogen (secondary N) is 1. The van der Waals surface area contributed by atoms with Crippen LogP contribution in [0.4, 0.5) is 0 Å². The van der Waals surface area contributed by atoms with E-state index < -0.39 is 0 Å². The lowest BCUT2D eigenvalue weighted by Gasteiger charge is -2.11. The number of ether oxygens (including phenoxy) is 1. The summed E-state index contributed by atoms with van der Waals surface area (Å²) in [6.07, 6.45) is 1.01. The van der Waals surface area contributed by atoms with E-state index in [0.29, 0.717) is 0 Å². The minimum atomic E-state index is 0.733. The van der Waals surface area contributed by atoms with Crippen LogP contribution in [0.25, 0.3) is 10.8 Å². The van der Waals surface area contributed by atoms with Gasteiger partial charge < -0.3 is 15.8 Å². The first-order valence-corrected chi connectivity index (χ1v) is 6.32. The Balaban J connectivity index is 2.23. The van der Waals surface area contributed by atoms with Gasteiger partial charge in [0.25, 0.3) is 0 Å². The Morgan fingerprint density at radius 2 is 1.89 bits per heavy atom. The van der Waals surface area contributed by atoms with Crippen LogP contribution in [-0.4, -0.2) is 20.2 Å². The van der Waals surface area contributed by atoms with Gasteiger partial charge in [0.05, 0.1) is 7.11 Å². The number of hydrogen-bond donors (Lipinski definition) is 2. The highest BCUT2D eigenvalue weighted by molar-refractivity contribution is 5.91. The van der Waals surface area contributed by atoms with E-state index in [9.17, 15) is 0 Å². The number of fused-ring (bicyclic) bond motifs is 1. The summed E-state index contributed by atoms with van der Waals surface area (Å²) in [7, 11) is 1.71. The molecule has 0 aliphatic carbocycles.